The van der Waals surface area contributed by atoms with Crippen LogP contribution in [0.2, 0.25) is 5.02 Å². The van der Waals surface area contributed by atoms with Gasteiger partial charge < -0.3 is 20.1 Å². The van der Waals surface area contributed by atoms with Gasteiger partial charge in [0.25, 0.3) is 0 Å². The maximum atomic E-state index is 6.11. The van der Waals surface area contributed by atoms with Crippen molar-refractivity contribution in [1.29, 1.82) is 0 Å². The average molecular weight is 442 g/mol. The first kappa shape index (κ1) is 21.4. The van der Waals surface area contributed by atoms with Gasteiger partial charge in [-0.15, -0.1) is 24.0 Å². The van der Waals surface area contributed by atoms with E-state index in [1.807, 2.05) is 24.3 Å². The number of guanidine groups is 1. The molecule has 0 aliphatic carbocycles. The molecule has 0 aliphatic heterocycles. The number of hydrogen-bond donors (Lipinski definition) is 2. The minimum atomic E-state index is 0. The van der Waals surface area contributed by atoms with Crippen molar-refractivity contribution in [2.45, 2.75) is 13.0 Å². The molecule has 0 saturated carbocycles. The summed E-state index contributed by atoms with van der Waals surface area (Å²) in [4.78, 5) is 4.17. The topological polar surface area (TPSA) is 54.9 Å². The Labute approximate surface area is 154 Å². The Kier molecular flexibility index (Phi) is 13.7. The van der Waals surface area contributed by atoms with E-state index >= 15 is 0 Å². The Morgan fingerprint density at radius 2 is 1.95 bits per heavy atom. The normalized spacial score (nSPS) is 11.0. The lowest BCUT2D eigenvalue weighted by molar-refractivity contribution is 0.0698. The summed E-state index contributed by atoms with van der Waals surface area (Å²) >= 11 is 6.11. The Bertz CT molecular complexity index is 433. The third kappa shape index (κ3) is 9.45. The summed E-state index contributed by atoms with van der Waals surface area (Å²) in [5, 5.41) is 7.22. The van der Waals surface area contributed by atoms with Crippen molar-refractivity contribution in [3.8, 4) is 0 Å². The van der Waals surface area contributed by atoms with E-state index in [1.165, 1.54) is 0 Å². The maximum absolute atomic E-state index is 6.11. The summed E-state index contributed by atoms with van der Waals surface area (Å²) in [6.45, 7) is 3.42. The van der Waals surface area contributed by atoms with Crippen molar-refractivity contribution < 1.29 is 9.47 Å². The smallest absolute Gasteiger partial charge is 0.191 e. The molecular formula is C15H25ClIN3O2. The van der Waals surface area contributed by atoms with E-state index in [0.29, 0.717) is 26.4 Å². The molecule has 0 amide bonds. The summed E-state index contributed by atoms with van der Waals surface area (Å²) in [6.07, 6.45) is 0.913. The number of ether oxygens (including phenoxy) is 2. The molecule has 0 radical (unpaired) electrons. The second-order valence-corrected chi connectivity index (χ2v) is 4.81. The summed E-state index contributed by atoms with van der Waals surface area (Å²) in [6, 6.07) is 7.76. The lowest BCUT2D eigenvalue weighted by Crippen LogP contribution is -2.37. The van der Waals surface area contributed by atoms with Crippen LogP contribution in [0.1, 0.15) is 12.0 Å². The lowest BCUT2D eigenvalue weighted by atomic mass is 10.2. The fourth-order valence-corrected chi connectivity index (χ4v) is 1.87. The molecule has 2 N–H and O–H groups in total. The molecular weight excluding hydrogens is 417 g/mol. The monoisotopic (exact) mass is 441 g/mol. The second-order valence-electron chi connectivity index (χ2n) is 4.40. The summed E-state index contributed by atoms with van der Waals surface area (Å²) in [5.41, 5.74) is 1.05. The van der Waals surface area contributed by atoms with Gasteiger partial charge in [-0.25, -0.2) is 0 Å². The second kappa shape index (κ2) is 14.0. The largest absolute Gasteiger partial charge is 0.382 e. The number of methoxy groups -OCH3 is 1. The zero-order chi connectivity index (χ0) is 15.3. The zero-order valence-electron chi connectivity index (χ0n) is 13.1. The third-order valence-electron chi connectivity index (χ3n) is 2.82. The van der Waals surface area contributed by atoms with Crippen molar-refractivity contribution in [3.05, 3.63) is 34.9 Å². The lowest BCUT2D eigenvalue weighted by Gasteiger charge is -2.12. The molecule has 0 aromatic heterocycles. The number of halogens is 2. The van der Waals surface area contributed by atoms with Gasteiger partial charge in [-0.3, -0.25) is 4.99 Å². The van der Waals surface area contributed by atoms with Crippen molar-refractivity contribution in [2.75, 3.05) is 40.5 Å². The first-order valence-corrected chi connectivity index (χ1v) is 7.40. The Balaban J connectivity index is 0.00000441. The molecule has 1 aromatic rings. The number of benzene rings is 1. The zero-order valence-corrected chi connectivity index (χ0v) is 16.2. The van der Waals surface area contributed by atoms with E-state index < -0.39 is 0 Å². The van der Waals surface area contributed by atoms with Gasteiger partial charge in [-0.1, -0.05) is 29.8 Å². The van der Waals surface area contributed by atoms with Crippen molar-refractivity contribution in [1.82, 2.24) is 10.6 Å². The van der Waals surface area contributed by atoms with Gasteiger partial charge in [-0.05, 0) is 18.1 Å². The third-order valence-corrected chi connectivity index (χ3v) is 3.19. The number of rotatable bonds is 9. The average Bonchev–Trinajstić information content (AvgIpc) is 2.51. The number of nitrogens with one attached hydrogen (secondary N) is 2. The molecule has 0 heterocycles. The van der Waals surface area contributed by atoms with Crippen molar-refractivity contribution >= 4 is 41.5 Å². The van der Waals surface area contributed by atoms with Gasteiger partial charge in [0.2, 0.25) is 0 Å². The molecule has 0 spiro atoms. The first-order valence-electron chi connectivity index (χ1n) is 7.02. The van der Waals surface area contributed by atoms with Crippen LogP contribution in [-0.4, -0.2) is 46.5 Å². The van der Waals surface area contributed by atoms with Gasteiger partial charge in [-0.2, -0.15) is 0 Å². The van der Waals surface area contributed by atoms with E-state index in [2.05, 4.69) is 15.6 Å². The van der Waals surface area contributed by atoms with Crippen LogP contribution in [0.3, 0.4) is 0 Å². The molecule has 5 nitrogen and oxygen atoms in total. The quantitative estimate of drug-likeness (QED) is 0.268. The van der Waals surface area contributed by atoms with Crippen LogP contribution < -0.4 is 10.6 Å². The molecule has 1 rings (SSSR count). The van der Waals surface area contributed by atoms with E-state index in [1.54, 1.807) is 14.2 Å². The highest BCUT2D eigenvalue weighted by Gasteiger charge is 2.01. The highest BCUT2D eigenvalue weighted by atomic mass is 127. The molecule has 22 heavy (non-hydrogen) atoms. The number of nitrogens with zero attached hydrogens (tertiary/aromatic N) is 1. The van der Waals surface area contributed by atoms with E-state index in [4.69, 9.17) is 21.1 Å². The van der Waals surface area contributed by atoms with Crippen molar-refractivity contribution in [3.63, 3.8) is 0 Å². The highest BCUT2D eigenvalue weighted by Crippen LogP contribution is 2.14. The van der Waals surface area contributed by atoms with E-state index in [9.17, 15) is 0 Å². The van der Waals surface area contributed by atoms with Crippen LogP contribution in [0.4, 0.5) is 0 Å². The Hall–Kier alpha value is -0.570. The Morgan fingerprint density at radius 1 is 1.18 bits per heavy atom. The number of hydrogen-bond acceptors (Lipinski definition) is 3. The van der Waals surface area contributed by atoms with Gasteiger partial charge in [0.05, 0.1) is 13.2 Å². The fourth-order valence-electron chi connectivity index (χ4n) is 1.67. The highest BCUT2D eigenvalue weighted by molar-refractivity contribution is 14.0. The van der Waals surface area contributed by atoms with Crippen LogP contribution >= 0.6 is 35.6 Å². The number of aliphatic imine (C=N–C) groups is 1. The molecule has 126 valence electrons. The molecule has 0 bridgehead atoms. The van der Waals surface area contributed by atoms with Gasteiger partial charge in [0.1, 0.15) is 0 Å². The van der Waals surface area contributed by atoms with Crippen LogP contribution in [0.25, 0.3) is 0 Å². The van der Waals surface area contributed by atoms with Crippen molar-refractivity contribution in [2.24, 2.45) is 4.99 Å². The summed E-state index contributed by atoms with van der Waals surface area (Å²) in [5.74, 6) is 0.756. The SMILES string of the molecule is CN=C(NCCCOCCOC)NCc1ccccc1Cl.I. The minimum absolute atomic E-state index is 0. The molecule has 0 fully saturated rings. The fraction of sp³-hybridized carbons (Fsp3) is 0.533. The molecule has 1 aromatic carbocycles. The standard InChI is InChI=1S/C15H24ClN3O2.HI/c1-17-15(18-8-5-9-21-11-10-20-2)19-12-13-6-3-4-7-14(13)16;/h3-4,6-7H,5,8-12H2,1-2H3,(H2,17,18,19);1H. The van der Waals surface area contributed by atoms with Crippen LogP contribution in [0, 0.1) is 0 Å². The molecule has 7 heteroatoms. The molecule has 0 saturated heterocycles. The van der Waals surface area contributed by atoms with Crippen LogP contribution in [-0.2, 0) is 16.0 Å². The van der Waals surface area contributed by atoms with E-state index in [0.717, 1.165) is 29.5 Å². The predicted molar refractivity (Wildman–Crippen MR) is 102 cm³/mol. The maximum Gasteiger partial charge on any atom is 0.191 e. The minimum Gasteiger partial charge on any atom is -0.382 e. The molecule has 0 atom stereocenters. The van der Waals surface area contributed by atoms with Crippen LogP contribution in [0.15, 0.2) is 29.3 Å². The van der Waals surface area contributed by atoms with Crippen LogP contribution in [0.5, 0.6) is 0 Å². The molecule has 0 aliphatic rings. The summed E-state index contributed by atoms with van der Waals surface area (Å²) in [7, 11) is 3.41. The first-order chi connectivity index (χ1) is 10.3. The van der Waals surface area contributed by atoms with Gasteiger partial charge in [0, 0.05) is 38.9 Å². The molecule has 0 unspecified atom stereocenters. The Morgan fingerprint density at radius 3 is 2.64 bits per heavy atom. The summed E-state index contributed by atoms with van der Waals surface area (Å²) < 4.78 is 10.3. The van der Waals surface area contributed by atoms with E-state index in [-0.39, 0.29) is 24.0 Å². The van der Waals surface area contributed by atoms with Gasteiger partial charge >= 0.3 is 0 Å². The van der Waals surface area contributed by atoms with Gasteiger partial charge in [0.15, 0.2) is 5.96 Å². The predicted octanol–water partition coefficient (Wildman–Crippen LogP) is 2.68.